The monoisotopic (exact) mass is 883 g/mol. The average Bonchev–Trinajstić information content (AvgIpc) is 3.70. The number of benzene rings is 8. The van der Waals surface area contributed by atoms with Crippen LogP contribution in [0.1, 0.15) is 65.5 Å². The molecule has 1 aliphatic carbocycles. The Morgan fingerprint density at radius 3 is 1.41 bits per heavy atom. The molecule has 332 valence electrons. The fourth-order valence-electron chi connectivity index (χ4n) is 10.6. The highest BCUT2D eigenvalue weighted by atomic mass is 16.5. The minimum absolute atomic E-state index is 0.0415. The summed E-state index contributed by atoms with van der Waals surface area (Å²) in [7, 11) is 0. The van der Waals surface area contributed by atoms with Crippen molar-refractivity contribution >= 4 is 73.3 Å². The van der Waals surface area contributed by atoms with Gasteiger partial charge in [0.1, 0.15) is 23.0 Å². The molecule has 2 aliphatic heterocycles. The number of ether oxygens (including phenoxy) is 2. The van der Waals surface area contributed by atoms with E-state index in [2.05, 4.69) is 250 Å². The van der Waals surface area contributed by atoms with Gasteiger partial charge in [0.05, 0.1) is 28.1 Å². The smallest absolute Gasteiger partial charge is 0.260 e. The van der Waals surface area contributed by atoms with Crippen LogP contribution in [0.25, 0.3) is 27.5 Å². The van der Waals surface area contributed by atoms with Crippen molar-refractivity contribution in [2.75, 3.05) is 9.80 Å². The summed E-state index contributed by atoms with van der Waals surface area (Å²) in [4.78, 5) is 4.85. The van der Waals surface area contributed by atoms with Crippen LogP contribution >= 0.6 is 0 Å². The Hall–Kier alpha value is -7.70. The van der Waals surface area contributed by atoms with Crippen LogP contribution in [-0.2, 0) is 10.8 Å². The van der Waals surface area contributed by atoms with Crippen LogP contribution in [0.4, 0.5) is 28.4 Å². The number of anilines is 5. The summed E-state index contributed by atoms with van der Waals surface area (Å²) >= 11 is 0. The second-order valence-electron chi connectivity index (χ2n) is 20.5. The largest absolute Gasteiger partial charge is 0.458 e. The molecule has 0 N–H and O–H groups in total. The van der Waals surface area contributed by atoms with Gasteiger partial charge >= 0.3 is 0 Å². The van der Waals surface area contributed by atoms with Crippen molar-refractivity contribution in [2.24, 2.45) is 0 Å². The van der Waals surface area contributed by atoms with Crippen molar-refractivity contribution in [1.82, 2.24) is 4.57 Å². The van der Waals surface area contributed by atoms with E-state index in [1.807, 2.05) is 0 Å². The maximum atomic E-state index is 7.19. The van der Waals surface area contributed by atoms with E-state index in [9.17, 15) is 0 Å². The molecule has 0 amide bonds. The summed E-state index contributed by atoms with van der Waals surface area (Å²) in [6.45, 7) is 13.6. The van der Waals surface area contributed by atoms with E-state index in [-0.39, 0.29) is 17.5 Å². The lowest BCUT2D eigenvalue weighted by Gasteiger charge is -2.35. The molecule has 0 unspecified atom stereocenters. The van der Waals surface area contributed by atoms with Gasteiger partial charge in [0, 0.05) is 51.1 Å². The summed E-state index contributed by atoms with van der Waals surface area (Å²) in [5.41, 5.74) is 15.6. The van der Waals surface area contributed by atoms with Crippen LogP contribution in [0.3, 0.4) is 0 Å². The first kappa shape index (κ1) is 41.7. The number of hydrogen-bond acceptors (Lipinski definition) is 4. The Kier molecular flexibility index (Phi) is 9.81. The molecule has 6 heteroatoms. The third-order valence-corrected chi connectivity index (χ3v) is 14.0. The van der Waals surface area contributed by atoms with Crippen LogP contribution < -0.4 is 35.7 Å². The zero-order valence-corrected chi connectivity index (χ0v) is 39.6. The average molecular weight is 884 g/mol. The Morgan fingerprint density at radius 1 is 0.485 bits per heavy atom. The summed E-state index contributed by atoms with van der Waals surface area (Å²) in [6, 6.07) is 63.9. The fraction of sp³-hybridized carbons (Fsp3) is 0.161. The van der Waals surface area contributed by atoms with Gasteiger partial charge in [0.15, 0.2) is 0 Å². The minimum Gasteiger partial charge on any atom is -0.458 e. The first-order valence-corrected chi connectivity index (χ1v) is 24.0. The Labute approximate surface area is 400 Å². The molecular formula is C62H54BN3O2. The number of hydrogen-bond donors (Lipinski definition) is 0. The molecule has 68 heavy (non-hydrogen) atoms. The van der Waals surface area contributed by atoms with Crippen molar-refractivity contribution in [1.29, 1.82) is 0 Å². The van der Waals surface area contributed by atoms with Crippen LogP contribution in [-0.4, -0.2) is 11.3 Å². The SMILES string of the molecule is CC(C)(C)c1ccc2c(c1)B1c3cc(C(C)(C)C)ccc3Oc3cc(-n4c5c(N(C6=CC=CCC6)c6ccccc6)cccc5c5cccc(N(c6ccccc6)c6ccccc6)c54)cc(c31)O2. The Balaban J connectivity index is 1.19. The van der Waals surface area contributed by atoms with Crippen LogP contribution in [0.2, 0.25) is 0 Å². The maximum Gasteiger partial charge on any atom is 0.260 e. The molecule has 0 bridgehead atoms. The lowest BCUT2D eigenvalue weighted by Crippen LogP contribution is -2.57. The summed E-state index contributed by atoms with van der Waals surface area (Å²) in [5, 5.41) is 2.30. The molecular weight excluding hydrogens is 830 g/mol. The maximum absolute atomic E-state index is 7.19. The van der Waals surface area contributed by atoms with Crippen molar-refractivity contribution in [3.8, 4) is 28.7 Å². The van der Waals surface area contributed by atoms with E-state index in [0.29, 0.717) is 0 Å². The number of para-hydroxylation sites is 5. The topological polar surface area (TPSA) is 29.9 Å². The summed E-state index contributed by atoms with van der Waals surface area (Å²) < 4.78 is 16.9. The molecule has 3 aliphatic rings. The third kappa shape index (κ3) is 6.92. The van der Waals surface area contributed by atoms with Gasteiger partial charge in [0.2, 0.25) is 0 Å². The minimum atomic E-state index is -0.0815. The van der Waals surface area contributed by atoms with Crippen LogP contribution in [0.15, 0.2) is 200 Å². The highest BCUT2D eigenvalue weighted by Crippen LogP contribution is 2.49. The molecule has 0 fully saturated rings. The number of fused-ring (bicyclic) bond motifs is 7. The van der Waals surface area contributed by atoms with Gasteiger partial charge in [-0.15, -0.1) is 0 Å². The standard InChI is InChI=1S/C62H54BN3O2/c1-61(2,3)41-33-35-54-50(37-41)63-51-38-42(62(4,5)6)34-36-55(51)68-57-40-47(39-56(67-54)58(57)63)66-59-48(29-19-31-52(59)64(43-21-11-7-12-22-43)44-23-13-8-14-24-44)49-30-20-32-53(60(49)66)65(45-25-15-9-16-26-45)46-27-17-10-18-28-46/h7-17,19-27,29-40H,18,28H2,1-6H3. The number of allylic oxidation sites excluding steroid dienone is 4. The van der Waals surface area contributed by atoms with E-state index < -0.39 is 0 Å². The number of rotatable bonds is 7. The lowest BCUT2D eigenvalue weighted by atomic mass is 9.34. The molecule has 8 aromatic carbocycles. The van der Waals surface area contributed by atoms with Crippen molar-refractivity contribution in [2.45, 2.75) is 65.2 Å². The second-order valence-corrected chi connectivity index (χ2v) is 20.5. The van der Waals surface area contributed by atoms with Gasteiger partial charge < -0.3 is 23.8 Å². The normalized spacial score (nSPS) is 13.9. The molecule has 3 heterocycles. The predicted octanol–water partition coefficient (Wildman–Crippen LogP) is 14.9. The summed E-state index contributed by atoms with van der Waals surface area (Å²) in [6.07, 6.45) is 8.62. The predicted molar refractivity (Wildman–Crippen MR) is 286 cm³/mol. The van der Waals surface area contributed by atoms with Gasteiger partial charge in [-0.3, -0.25) is 0 Å². The van der Waals surface area contributed by atoms with E-state index in [1.54, 1.807) is 0 Å². The van der Waals surface area contributed by atoms with Gasteiger partial charge in [0.25, 0.3) is 6.71 Å². The van der Waals surface area contributed by atoms with E-state index >= 15 is 0 Å². The van der Waals surface area contributed by atoms with Crippen molar-refractivity contribution in [3.63, 3.8) is 0 Å². The highest BCUT2D eigenvalue weighted by Gasteiger charge is 2.42. The number of nitrogens with zero attached hydrogens (tertiary/aromatic N) is 3. The van der Waals surface area contributed by atoms with Gasteiger partial charge in [-0.1, -0.05) is 157 Å². The summed E-state index contributed by atoms with van der Waals surface area (Å²) in [5.74, 6) is 3.36. The zero-order chi connectivity index (χ0) is 46.3. The van der Waals surface area contributed by atoms with Gasteiger partial charge in [-0.2, -0.15) is 0 Å². The third-order valence-electron chi connectivity index (χ3n) is 14.0. The zero-order valence-electron chi connectivity index (χ0n) is 39.6. The lowest BCUT2D eigenvalue weighted by molar-refractivity contribution is 0.463. The van der Waals surface area contributed by atoms with Gasteiger partial charge in [-0.05, 0) is 112 Å². The Bertz CT molecular complexity index is 3360. The molecule has 9 aromatic rings. The molecule has 0 saturated heterocycles. The molecule has 0 atom stereocenters. The highest BCUT2D eigenvalue weighted by molar-refractivity contribution is 6.98. The number of aromatic nitrogens is 1. The molecule has 12 rings (SSSR count). The first-order chi connectivity index (χ1) is 33.0. The van der Waals surface area contributed by atoms with Crippen molar-refractivity contribution < 1.29 is 9.47 Å². The molecule has 0 radical (unpaired) electrons. The van der Waals surface area contributed by atoms with Crippen LogP contribution in [0.5, 0.6) is 23.0 Å². The quantitative estimate of drug-likeness (QED) is 0.149. The molecule has 5 nitrogen and oxygen atoms in total. The molecule has 1 aromatic heterocycles. The van der Waals surface area contributed by atoms with E-state index in [1.165, 1.54) is 27.7 Å². The fourth-order valence-corrected chi connectivity index (χ4v) is 10.6. The van der Waals surface area contributed by atoms with Gasteiger partial charge in [-0.25, -0.2) is 0 Å². The van der Waals surface area contributed by atoms with E-state index in [0.717, 1.165) is 97.2 Å². The first-order valence-electron chi connectivity index (χ1n) is 24.0. The second kappa shape index (κ2) is 16.0. The van der Waals surface area contributed by atoms with Crippen molar-refractivity contribution in [3.05, 3.63) is 211 Å². The van der Waals surface area contributed by atoms with E-state index in [4.69, 9.17) is 9.47 Å². The molecule has 0 saturated carbocycles. The molecule has 0 spiro atoms. The Morgan fingerprint density at radius 2 is 0.956 bits per heavy atom. The van der Waals surface area contributed by atoms with Crippen LogP contribution in [0, 0.1) is 0 Å².